The number of carbonyl (C=O) groups is 1. The number of nitrogens with zero attached hydrogens (tertiary/aromatic N) is 1. The Hall–Kier alpha value is -2.85. The Bertz CT molecular complexity index is 851. The van der Waals surface area contributed by atoms with Crippen LogP contribution in [0.15, 0.2) is 65.3 Å². The minimum atomic E-state index is -0.482. The molecule has 0 aliphatic carbocycles. The van der Waals surface area contributed by atoms with E-state index in [0.717, 1.165) is 16.9 Å². The average Bonchev–Trinajstić information content (AvgIpc) is 2.95. The second kappa shape index (κ2) is 7.15. The lowest BCUT2D eigenvalue weighted by Crippen LogP contribution is -2.01. The number of benzene rings is 2. The van der Waals surface area contributed by atoms with Gasteiger partial charge in [-0.25, -0.2) is 9.79 Å². The second-order valence-corrected chi connectivity index (χ2v) is 5.43. The lowest BCUT2D eigenvalue weighted by molar-refractivity contribution is -0.129. The van der Waals surface area contributed by atoms with Crippen LogP contribution in [0.3, 0.4) is 0 Å². The molecule has 0 aromatic heterocycles. The van der Waals surface area contributed by atoms with Gasteiger partial charge in [-0.2, -0.15) is 0 Å². The number of hydrogen-bond donors (Lipinski definition) is 0. The summed E-state index contributed by atoms with van der Waals surface area (Å²) in [4.78, 5) is 16.1. The Kier molecular flexibility index (Phi) is 4.77. The number of methoxy groups -OCH3 is 1. The topological polar surface area (TPSA) is 47.9 Å². The molecule has 4 nitrogen and oxygen atoms in total. The molecule has 120 valence electrons. The third-order valence-electron chi connectivity index (χ3n) is 3.35. The van der Waals surface area contributed by atoms with Gasteiger partial charge in [0.1, 0.15) is 5.75 Å². The lowest BCUT2D eigenvalue weighted by atomic mass is 10.2. The highest BCUT2D eigenvalue weighted by atomic mass is 35.5. The summed E-state index contributed by atoms with van der Waals surface area (Å²) in [6, 6.07) is 14.7. The Morgan fingerprint density at radius 2 is 1.83 bits per heavy atom. The maximum Gasteiger partial charge on any atom is 0.363 e. The first kappa shape index (κ1) is 16.0. The van der Waals surface area contributed by atoms with Gasteiger partial charge in [-0.15, -0.1) is 0 Å². The van der Waals surface area contributed by atoms with Crippen LogP contribution < -0.4 is 4.74 Å². The number of cyclic esters (lactones) is 1. The number of carbonyl (C=O) groups excluding carboxylic acids is 1. The molecule has 2 aromatic carbocycles. The Morgan fingerprint density at radius 1 is 1.08 bits per heavy atom. The van der Waals surface area contributed by atoms with Crippen molar-refractivity contribution in [2.24, 2.45) is 4.99 Å². The number of hydrogen-bond acceptors (Lipinski definition) is 4. The predicted octanol–water partition coefficient (Wildman–Crippen LogP) is 4.36. The van der Waals surface area contributed by atoms with Gasteiger partial charge in [0.25, 0.3) is 0 Å². The van der Waals surface area contributed by atoms with Crippen molar-refractivity contribution in [1.29, 1.82) is 0 Å². The monoisotopic (exact) mass is 339 g/mol. The lowest BCUT2D eigenvalue weighted by Gasteiger charge is -2.02. The summed E-state index contributed by atoms with van der Waals surface area (Å²) in [6.07, 6.45) is 5.08. The van der Waals surface area contributed by atoms with Crippen LogP contribution >= 0.6 is 11.6 Å². The van der Waals surface area contributed by atoms with Crippen molar-refractivity contribution in [1.82, 2.24) is 0 Å². The van der Waals surface area contributed by atoms with Gasteiger partial charge in [-0.3, -0.25) is 0 Å². The molecule has 1 aliphatic heterocycles. The van der Waals surface area contributed by atoms with E-state index in [0.29, 0.717) is 5.02 Å². The van der Waals surface area contributed by atoms with E-state index in [1.807, 2.05) is 24.3 Å². The van der Waals surface area contributed by atoms with Crippen molar-refractivity contribution in [3.05, 3.63) is 76.5 Å². The molecule has 0 bridgehead atoms. The van der Waals surface area contributed by atoms with Crippen LogP contribution in [0.2, 0.25) is 5.02 Å². The van der Waals surface area contributed by atoms with Gasteiger partial charge in [-0.05, 0) is 35.9 Å². The number of para-hydroxylation sites is 1. The minimum Gasteiger partial charge on any atom is -0.496 e. The van der Waals surface area contributed by atoms with E-state index in [2.05, 4.69) is 4.99 Å². The number of esters is 1. The molecule has 1 aliphatic rings. The highest BCUT2D eigenvalue weighted by molar-refractivity contribution is 6.30. The zero-order valence-corrected chi connectivity index (χ0v) is 13.7. The van der Waals surface area contributed by atoms with E-state index >= 15 is 0 Å². The highest BCUT2D eigenvalue weighted by Gasteiger charge is 2.21. The third kappa shape index (κ3) is 3.73. The largest absolute Gasteiger partial charge is 0.496 e. The standard InChI is InChI=1S/C19H14ClNO3/c1-23-17-5-3-2-4-14(17)8-11-18-21-16(19(22)24-18)12-13-6-9-15(20)10-7-13/h2-12H,1H3. The highest BCUT2D eigenvalue weighted by Crippen LogP contribution is 2.21. The SMILES string of the molecule is COc1ccccc1C=CC1=NC(=Cc2ccc(Cl)cc2)C(=O)O1. The average molecular weight is 340 g/mol. The molecule has 0 atom stereocenters. The molecule has 0 radical (unpaired) electrons. The van der Waals surface area contributed by atoms with Crippen LogP contribution in [0.1, 0.15) is 11.1 Å². The van der Waals surface area contributed by atoms with Crippen LogP contribution in [0.5, 0.6) is 5.75 Å². The molecule has 0 fully saturated rings. The van der Waals surface area contributed by atoms with Gasteiger partial charge < -0.3 is 9.47 Å². The smallest absolute Gasteiger partial charge is 0.363 e. The molecule has 0 amide bonds. The van der Waals surface area contributed by atoms with Crippen LogP contribution in [-0.4, -0.2) is 19.0 Å². The molecule has 0 N–H and O–H groups in total. The van der Waals surface area contributed by atoms with Crippen molar-refractivity contribution in [2.45, 2.75) is 0 Å². The summed E-state index contributed by atoms with van der Waals surface area (Å²) in [7, 11) is 1.60. The summed E-state index contributed by atoms with van der Waals surface area (Å²) in [5, 5.41) is 0.634. The van der Waals surface area contributed by atoms with E-state index in [1.165, 1.54) is 0 Å². The summed E-state index contributed by atoms with van der Waals surface area (Å²) in [5.41, 5.74) is 1.94. The van der Waals surface area contributed by atoms with Gasteiger partial charge in [0, 0.05) is 16.7 Å². The van der Waals surface area contributed by atoms with Gasteiger partial charge in [0.2, 0.25) is 5.90 Å². The molecule has 0 saturated carbocycles. The van der Waals surface area contributed by atoms with Gasteiger partial charge in [-0.1, -0.05) is 41.9 Å². The van der Waals surface area contributed by atoms with Crippen LogP contribution in [0.25, 0.3) is 12.2 Å². The maximum atomic E-state index is 11.9. The molecule has 2 aromatic rings. The zero-order chi connectivity index (χ0) is 16.9. The molecule has 1 heterocycles. The van der Waals surface area contributed by atoms with Crippen molar-refractivity contribution >= 4 is 35.6 Å². The number of halogens is 1. The van der Waals surface area contributed by atoms with Crippen molar-refractivity contribution in [2.75, 3.05) is 7.11 Å². The summed E-state index contributed by atoms with van der Waals surface area (Å²) in [5.74, 6) is 0.492. The van der Waals surface area contributed by atoms with Gasteiger partial charge in [0.15, 0.2) is 5.70 Å². The first-order valence-electron chi connectivity index (χ1n) is 7.25. The first-order chi connectivity index (χ1) is 11.7. The first-order valence-corrected chi connectivity index (χ1v) is 7.63. The second-order valence-electron chi connectivity index (χ2n) is 5.00. The molecule has 0 spiro atoms. The zero-order valence-electron chi connectivity index (χ0n) is 12.9. The Labute approximate surface area is 144 Å². The fourth-order valence-electron chi connectivity index (χ4n) is 2.18. The number of rotatable bonds is 4. The summed E-state index contributed by atoms with van der Waals surface area (Å²) < 4.78 is 10.4. The molecule has 3 rings (SSSR count). The third-order valence-corrected chi connectivity index (χ3v) is 3.61. The van der Waals surface area contributed by atoms with Crippen LogP contribution in [-0.2, 0) is 9.53 Å². The number of aliphatic imine (C=N–C) groups is 1. The molecular weight excluding hydrogens is 326 g/mol. The molecular formula is C19H14ClNO3. The van der Waals surface area contributed by atoms with Gasteiger partial charge >= 0.3 is 5.97 Å². The molecule has 5 heteroatoms. The van der Waals surface area contributed by atoms with E-state index in [-0.39, 0.29) is 11.6 Å². The van der Waals surface area contributed by atoms with E-state index in [1.54, 1.807) is 49.6 Å². The number of ether oxygens (including phenoxy) is 2. The quantitative estimate of drug-likeness (QED) is 0.614. The summed E-state index contributed by atoms with van der Waals surface area (Å²) >= 11 is 5.85. The van der Waals surface area contributed by atoms with Crippen molar-refractivity contribution in [3.63, 3.8) is 0 Å². The van der Waals surface area contributed by atoms with E-state index in [9.17, 15) is 4.79 Å². The molecule has 24 heavy (non-hydrogen) atoms. The summed E-state index contributed by atoms with van der Waals surface area (Å²) in [6.45, 7) is 0. The Morgan fingerprint density at radius 3 is 2.58 bits per heavy atom. The van der Waals surface area contributed by atoms with Crippen molar-refractivity contribution < 1.29 is 14.3 Å². The minimum absolute atomic E-state index is 0.242. The van der Waals surface area contributed by atoms with E-state index < -0.39 is 5.97 Å². The van der Waals surface area contributed by atoms with Gasteiger partial charge in [0.05, 0.1) is 7.11 Å². The maximum absolute atomic E-state index is 11.9. The fraction of sp³-hybridized carbons (Fsp3) is 0.0526. The molecule has 0 unspecified atom stereocenters. The Balaban J connectivity index is 1.81. The van der Waals surface area contributed by atoms with Crippen molar-refractivity contribution in [3.8, 4) is 5.75 Å². The van der Waals surface area contributed by atoms with E-state index in [4.69, 9.17) is 21.1 Å². The normalized spacial score (nSPS) is 15.7. The fourth-order valence-corrected chi connectivity index (χ4v) is 2.30. The van der Waals surface area contributed by atoms with Crippen LogP contribution in [0, 0.1) is 0 Å². The van der Waals surface area contributed by atoms with Crippen LogP contribution in [0.4, 0.5) is 0 Å². The predicted molar refractivity (Wildman–Crippen MR) is 95.0 cm³/mol. The molecule has 0 saturated heterocycles.